The van der Waals surface area contributed by atoms with Gasteiger partial charge in [-0.2, -0.15) is 0 Å². The van der Waals surface area contributed by atoms with E-state index in [0.717, 1.165) is 26.0 Å². The van der Waals surface area contributed by atoms with Crippen molar-refractivity contribution in [2.45, 2.75) is 45.3 Å². The van der Waals surface area contributed by atoms with E-state index in [9.17, 15) is 4.79 Å². The summed E-state index contributed by atoms with van der Waals surface area (Å²) >= 11 is 0. The number of carbonyl (C=O) groups excluding carboxylic acids is 1. The first-order valence-corrected chi connectivity index (χ1v) is 5.49. The summed E-state index contributed by atoms with van der Waals surface area (Å²) in [4.78, 5) is 13.5. The summed E-state index contributed by atoms with van der Waals surface area (Å²) in [6.07, 6.45) is 3.26. The summed E-state index contributed by atoms with van der Waals surface area (Å²) < 4.78 is 5.53. The van der Waals surface area contributed by atoms with Crippen molar-refractivity contribution in [1.29, 1.82) is 0 Å². The average molecular weight is 199 g/mol. The first-order valence-electron chi connectivity index (χ1n) is 5.49. The van der Waals surface area contributed by atoms with Crippen molar-refractivity contribution in [1.82, 2.24) is 4.90 Å². The van der Waals surface area contributed by atoms with Crippen molar-refractivity contribution >= 4 is 5.78 Å². The van der Waals surface area contributed by atoms with Gasteiger partial charge >= 0.3 is 0 Å². The number of ether oxygens (including phenoxy) is 1. The third-order valence-electron chi connectivity index (χ3n) is 2.99. The Hall–Kier alpha value is -0.410. The SMILES string of the molecule is CCC(=O)C(C)N(C)CC1CCCO1. The Kier molecular flexibility index (Phi) is 4.55. The van der Waals surface area contributed by atoms with Gasteiger partial charge in [-0.3, -0.25) is 9.69 Å². The first-order chi connectivity index (χ1) is 6.65. The standard InChI is InChI=1S/C11H21NO2/c1-4-11(13)9(2)12(3)8-10-6-5-7-14-10/h9-10H,4-8H2,1-3H3. The van der Waals surface area contributed by atoms with E-state index >= 15 is 0 Å². The van der Waals surface area contributed by atoms with Crippen molar-refractivity contribution in [2.75, 3.05) is 20.2 Å². The van der Waals surface area contributed by atoms with Gasteiger partial charge in [0.05, 0.1) is 12.1 Å². The lowest BCUT2D eigenvalue weighted by molar-refractivity contribution is -0.123. The lowest BCUT2D eigenvalue weighted by Gasteiger charge is -2.25. The quantitative estimate of drug-likeness (QED) is 0.671. The van der Waals surface area contributed by atoms with E-state index in [0.29, 0.717) is 18.3 Å². The van der Waals surface area contributed by atoms with Crippen molar-refractivity contribution < 1.29 is 9.53 Å². The van der Waals surface area contributed by atoms with E-state index in [1.807, 2.05) is 20.9 Å². The molecule has 1 fully saturated rings. The Morgan fingerprint density at radius 1 is 1.64 bits per heavy atom. The molecule has 3 heteroatoms. The third kappa shape index (κ3) is 3.07. The van der Waals surface area contributed by atoms with Gasteiger partial charge < -0.3 is 4.74 Å². The number of Topliss-reactive ketones (excluding diaryl/α,β-unsaturated/α-hetero) is 1. The van der Waals surface area contributed by atoms with Gasteiger partial charge in [-0.25, -0.2) is 0 Å². The molecule has 0 aromatic rings. The van der Waals surface area contributed by atoms with Gasteiger partial charge in [0, 0.05) is 19.6 Å². The molecule has 1 rings (SSSR count). The molecular weight excluding hydrogens is 178 g/mol. The van der Waals surface area contributed by atoms with Crippen LogP contribution < -0.4 is 0 Å². The molecule has 0 aromatic carbocycles. The summed E-state index contributed by atoms with van der Waals surface area (Å²) in [5.41, 5.74) is 0. The van der Waals surface area contributed by atoms with Gasteiger partial charge in [0.1, 0.15) is 5.78 Å². The fourth-order valence-electron chi connectivity index (χ4n) is 1.81. The molecule has 1 aliphatic rings. The monoisotopic (exact) mass is 199 g/mol. The number of likely N-dealkylation sites (N-methyl/N-ethyl adjacent to an activating group) is 1. The van der Waals surface area contributed by atoms with Gasteiger partial charge in [-0.15, -0.1) is 0 Å². The molecule has 1 saturated heterocycles. The molecule has 0 bridgehead atoms. The van der Waals surface area contributed by atoms with E-state index in [-0.39, 0.29) is 6.04 Å². The number of hydrogen-bond donors (Lipinski definition) is 0. The van der Waals surface area contributed by atoms with Crippen LogP contribution in [0.5, 0.6) is 0 Å². The highest BCUT2D eigenvalue weighted by molar-refractivity contribution is 5.83. The number of hydrogen-bond acceptors (Lipinski definition) is 3. The highest BCUT2D eigenvalue weighted by Crippen LogP contribution is 2.14. The van der Waals surface area contributed by atoms with Gasteiger partial charge in [0.2, 0.25) is 0 Å². The van der Waals surface area contributed by atoms with Crippen LogP contribution in [0.4, 0.5) is 0 Å². The second-order valence-corrected chi connectivity index (χ2v) is 4.07. The second-order valence-electron chi connectivity index (χ2n) is 4.07. The van der Waals surface area contributed by atoms with Crippen LogP contribution in [-0.4, -0.2) is 43.0 Å². The summed E-state index contributed by atoms with van der Waals surface area (Å²) in [6.45, 7) is 5.65. The molecule has 3 nitrogen and oxygen atoms in total. The smallest absolute Gasteiger partial charge is 0.149 e. The lowest BCUT2D eigenvalue weighted by Crippen LogP contribution is -2.40. The first kappa shape index (κ1) is 11.7. The summed E-state index contributed by atoms with van der Waals surface area (Å²) in [6, 6.07) is 0.0317. The zero-order chi connectivity index (χ0) is 10.6. The third-order valence-corrected chi connectivity index (χ3v) is 2.99. The number of nitrogens with zero attached hydrogens (tertiary/aromatic N) is 1. The zero-order valence-corrected chi connectivity index (χ0v) is 9.45. The lowest BCUT2D eigenvalue weighted by atomic mass is 10.1. The number of carbonyl (C=O) groups is 1. The molecule has 1 heterocycles. The molecule has 82 valence electrons. The minimum absolute atomic E-state index is 0.0317. The fourth-order valence-corrected chi connectivity index (χ4v) is 1.81. The van der Waals surface area contributed by atoms with Crippen molar-refractivity contribution in [3.63, 3.8) is 0 Å². The molecule has 0 radical (unpaired) electrons. The topological polar surface area (TPSA) is 29.5 Å². The van der Waals surface area contributed by atoms with E-state index < -0.39 is 0 Å². The van der Waals surface area contributed by atoms with Crippen LogP contribution in [0.2, 0.25) is 0 Å². The van der Waals surface area contributed by atoms with E-state index in [1.54, 1.807) is 0 Å². The predicted octanol–water partition coefficient (Wildman–Crippen LogP) is 1.46. The summed E-state index contributed by atoms with van der Waals surface area (Å²) in [5, 5.41) is 0. The van der Waals surface area contributed by atoms with Crippen LogP contribution in [-0.2, 0) is 9.53 Å². The zero-order valence-electron chi connectivity index (χ0n) is 9.45. The van der Waals surface area contributed by atoms with E-state index in [1.165, 1.54) is 0 Å². The van der Waals surface area contributed by atoms with Crippen molar-refractivity contribution in [3.8, 4) is 0 Å². The molecule has 2 unspecified atom stereocenters. The molecule has 14 heavy (non-hydrogen) atoms. The molecule has 0 amide bonds. The summed E-state index contributed by atoms with van der Waals surface area (Å²) in [7, 11) is 2.00. The maximum Gasteiger partial charge on any atom is 0.149 e. The highest BCUT2D eigenvalue weighted by atomic mass is 16.5. The van der Waals surface area contributed by atoms with Crippen LogP contribution in [0.3, 0.4) is 0 Å². The Balaban J connectivity index is 2.32. The highest BCUT2D eigenvalue weighted by Gasteiger charge is 2.22. The van der Waals surface area contributed by atoms with Crippen LogP contribution in [0, 0.1) is 0 Å². The molecule has 2 atom stereocenters. The van der Waals surface area contributed by atoms with Crippen LogP contribution in [0.1, 0.15) is 33.1 Å². The van der Waals surface area contributed by atoms with Crippen LogP contribution >= 0.6 is 0 Å². The molecule has 0 spiro atoms. The van der Waals surface area contributed by atoms with E-state index in [2.05, 4.69) is 4.90 Å². The van der Waals surface area contributed by atoms with Gasteiger partial charge in [0.15, 0.2) is 0 Å². The Morgan fingerprint density at radius 3 is 2.86 bits per heavy atom. The molecule has 0 aliphatic carbocycles. The van der Waals surface area contributed by atoms with Gasteiger partial charge in [-0.1, -0.05) is 6.92 Å². The number of rotatable bonds is 5. The van der Waals surface area contributed by atoms with Gasteiger partial charge in [-0.05, 0) is 26.8 Å². The average Bonchev–Trinajstić information content (AvgIpc) is 2.68. The second kappa shape index (κ2) is 5.47. The van der Waals surface area contributed by atoms with Crippen LogP contribution in [0.15, 0.2) is 0 Å². The molecule has 0 N–H and O–H groups in total. The molecule has 1 aliphatic heterocycles. The van der Waals surface area contributed by atoms with Gasteiger partial charge in [0.25, 0.3) is 0 Å². The summed E-state index contributed by atoms with van der Waals surface area (Å²) in [5.74, 6) is 0.311. The van der Waals surface area contributed by atoms with E-state index in [4.69, 9.17) is 4.74 Å². The minimum Gasteiger partial charge on any atom is -0.377 e. The number of ketones is 1. The predicted molar refractivity (Wildman–Crippen MR) is 56.4 cm³/mol. The van der Waals surface area contributed by atoms with Crippen molar-refractivity contribution in [3.05, 3.63) is 0 Å². The minimum atomic E-state index is 0.0317. The largest absolute Gasteiger partial charge is 0.377 e. The Morgan fingerprint density at radius 2 is 2.36 bits per heavy atom. The molecule has 0 aromatic heterocycles. The maximum absolute atomic E-state index is 11.4. The Labute approximate surface area is 86.4 Å². The molecule has 0 saturated carbocycles. The molecular formula is C11H21NO2. The maximum atomic E-state index is 11.4. The fraction of sp³-hybridized carbons (Fsp3) is 0.909. The van der Waals surface area contributed by atoms with Crippen LogP contribution in [0.25, 0.3) is 0 Å². The normalized spacial score (nSPS) is 24.1. The van der Waals surface area contributed by atoms with Crippen molar-refractivity contribution in [2.24, 2.45) is 0 Å². The Bertz CT molecular complexity index is 188.